The molecule has 0 fully saturated rings. The van der Waals surface area contributed by atoms with Gasteiger partial charge in [-0.2, -0.15) is 0 Å². The van der Waals surface area contributed by atoms with Gasteiger partial charge in [0.05, 0.1) is 0 Å². The van der Waals surface area contributed by atoms with Gasteiger partial charge >= 0.3 is 0 Å². The fraction of sp³-hybridized carbons (Fsp3) is 0.636. The summed E-state index contributed by atoms with van der Waals surface area (Å²) in [6, 6.07) is 0. The van der Waals surface area contributed by atoms with E-state index in [-0.39, 0.29) is 17.0 Å². The maximum Gasteiger partial charge on any atom is 0.0357 e. The van der Waals surface area contributed by atoms with E-state index in [1.165, 1.54) is 64.5 Å². The van der Waals surface area contributed by atoms with Crippen LogP contribution in [0.3, 0.4) is 0 Å². The average molecular weight is 411 g/mol. The molecule has 0 bridgehead atoms. The third-order valence-corrected chi connectivity index (χ3v) is 4.37. The Hall–Kier alpha value is -0.960. The highest BCUT2D eigenvalue weighted by Gasteiger charge is 1.98. The summed E-state index contributed by atoms with van der Waals surface area (Å²) in [5, 5.41) is 0. The number of rotatable bonds is 10. The van der Waals surface area contributed by atoms with Gasteiger partial charge in [-0.15, -0.1) is 17.0 Å². The lowest BCUT2D eigenvalue weighted by molar-refractivity contribution is 0.394. The molecule has 0 unspecified atom stereocenters. The van der Waals surface area contributed by atoms with E-state index in [0.29, 0.717) is 0 Å². The first-order chi connectivity index (χ1) is 11.9. The Morgan fingerprint density at radius 1 is 0.600 bits per heavy atom. The molecule has 0 aromatic heterocycles. The predicted octanol–water partition coefficient (Wildman–Crippen LogP) is 6.48. The second-order valence-electron chi connectivity index (χ2n) is 6.65. The van der Waals surface area contributed by atoms with Gasteiger partial charge in [0.15, 0.2) is 0 Å². The van der Waals surface area contributed by atoms with Crippen LogP contribution < -0.4 is 0 Å². The van der Waals surface area contributed by atoms with Gasteiger partial charge in [-0.05, 0) is 37.4 Å². The van der Waals surface area contributed by atoms with Crippen LogP contribution in [0.5, 0.6) is 0 Å². The average Bonchev–Trinajstić information content (AvgIpc) is 2.65. The minimum Gasteiger partial charge on any atom is -0.374 e. The van der Waals surface area contributed by atoms with Crippen molar-refractivity contribution in [2.24, 2.45) is 0 Å². The number of allylic oxidation sites excluding steroid dienone is 4. The number of halogens is 1. The second kappa shape index (κ2) is 17.8. The van der Waals surface area contributed by atoms with Crippen LogP contribution >= 0.6 is 17.0 Å². The van der Waals surface area contributed by atoms with Crippen molar-refractivity contribution >= 4 is 17.0 Å². The summed E-state index contributed by atoms with van der Waals surface area (Å²) in [6.45, 7) is 9.15. The molecule has 144 valence electrons. The van der Waals surface area contributed by atoms with Gasteiger partial charge in [-0.3, -0.25) is 0 Å². The van der Waals surface area contributed by atoms with Crippen LogP contribution in [0.2, 0.25) is 0 Å². The highest BCUT2D eigenvalue weighted by atomic mass is 79.9. The molecule has 0 aromatic rings. The molecular weight excluding hydrogens is 372 g/mol. The van der Waals surface area contributed by atoms with Crippen molar-refractivity contribution in [3.63, 3.8) is 0 Å². The summed E-state index contributed by atoms with van der Waals surface area (Å²) >= 11 is 0. The molecule has 2 aliphatic rings. The summed E-state index contributed by atoms with van der Waals surface area (Å²) in [5.74, 6) is 0. The van der Waals surface area contributed by atoms with Crippen LogP contribution in [-0.2, 0) is 0 Å². The zero-order valence-corrected chi connectivity index (χ0v) is 18.1. The first kappa shape index (κ1) is 24.0. The summed E-state index contributed by atoms with van der Waals surface area (Å²) in [6.07, 6.45) is 28.1. The molecule has 0 atom stereocenters. The molecule has 0 aliphatic carbocycles. The van der Waals surface area contributed by atoms with Crippen LogP contribution in [0.25, 0.3) is 0 Å². The van der Waals surface area contributed by atoms with E-state index in [1.54, 1.807) is 0 Å². The molecule has 25 heavy (non-hydrogen) atoms. The summed E-state index contributed by atoms with van der Waals surface area (Å²) in [5.41, 5.74) is 0. The molecule has 0 spiro atoms. The molecule has 2 nitrogen and oxygen atoms in total. The Kier molecular flexibility index (Phi) is 17.2. The van der Waals surface area contributed by atoms with Crippen LogP contribution in [0.1, 0.15) is 65.2 Å². The Bertz CT molecular complexity index is 361. The molecule has 0 aromatic carbocycles. The van der Waals surface area contributed by atoms with Gasteiger partial charge < -0.3 is 9.80 Å². The number of nitrogens with zero attached hydrogens (tertiary/aromatic N) is 2. The lowest BCUT2D eigenvalue weighted by Gasteiger charge is -2.19. The van der Waals surface area contributed by atoms with E-state index in [1.807, 2.05) is 0 Å². The normalized spacial score (nSPS) is 15.0. The Balaban J connectivity index is 0.000000443. The molecule has 3 heteroatoms. The smallest absolute Gasteiger partial charge is 0.0357 e. The van der Waals surface area contributed by atoms with Crippen LogP contribution in [0.4, 0.5) is 0 Å². The monoisotopic (exact) mass is 410 g/mol. The standard InChI is InChI=1S/2C11H19N.BrH/c2*1-2-3-4-6-9-12-10-7-5-8-11-12;/h2*5,7-8,10H,2-4,6,9,11H2,1H3;1H. The lowest BCUT2D eigenvalue weighted by atomic mass is 10.2. The van der Waals surface area contributed by atoms with Gasteiger partial charge in [-0.1, -0.05) is 76.7 Å². The maximum atomic E-state index is 2.37. The van der Waals surface area contributed by atoms with Crippen LogP contribution in [0.15, 0.2) is 48.9 Å². The van der Waals surface area contributed by atoms with Crippen molar-refractivity contribution in [2.75, 3.05) is 26.2 Å². The summed E-state index contributed by atoms with van der Waals surface area (Å²) < 4.78 is 0. The van der Waals surface area contributed by atoms with Crippen molar-refractivity contribution in [3.8, 4) is 0 Å². The Morgan fingerprint density at radius 3 is 1.36 bits per heavy atom. The largest absolute Gasteiger partial charge is 0.374 e. The number of hydrogen-bond acceptors (Lipinski definition) is 2. The van der Waals surface area contributed by atoms with Gasteiger partial charge in [0, 0.05) is 26.2 Å². The Morgan fingerprint density at radius 2 is 1.04 bits per heavy atom. The number of unbranched alkanes of at least 4 members (excludes halogenated alkanes) is 6. The van der Waals surface area contributed by atoms with E-state index < -0.39 is 0 Å². The van der Waals surface area contributed by atoms with Gasteiger partial charge in [0.2, 0.25) is 0 Å². The summed E-state index contributed by atoms with van der Waals surface area (Å²) in [7, 11) is 0. The van der Waals surface area contributed by atoms with Crippen molar-refractivity contribution in [2.45, 2.75) is 65.2 Å². The minimum absolute atomic E-state index is 0. The highest BCUT2D eigenvalue weighted by molar-refractivity contribution is 8.93. The van der Waals surface area contributed by atoms with Crippen LogP contribution in [-0.4, -0.2) is 36.0 Å². The Labute approximate surface area is 167 Å². The van der Waals surface area contributed by atoms with Crippen LogP contribution in [0, 0.1) is 0 Å². The van der Waals surface area contributed by atoms with E-state index in [2.05, 4.69) is 72.5 Å². The molecule has 0 N–H and O–H groups in total. The zero-order valence-electron chi connectivity index (χ0n) is 16.4. The molecule has 0 amide bonds. The van der Waals surface area contributed by atoms with Crippen molar-refractivity contribution in [1.82, 2.24) is 9.80 Å². The van der Waals surface area contributed by atoms with Crippen molar-refractivity contribution in [3.05, 3.63) is 48.9 Å². The van der Waals surface area contributed by atoms with Crippen molar-refractivity contribution < 1.29 is 0 Å². The fourth-order valence-electron chi connectivity index (χ4n) is 2.83. The van der Waals surface area contributed by atoms with E-state index in [9.17, 15) is 0 Å². The third kappa shape index (κ3) is 13.9. The first-order valence-corrected chi connectivity index (χ1v) is 10.0. The predicted molar refractivity (Wildman–Crippen MR) is 118 cm³/mol. The molecule has 0 radical (unpaired) electrons. The van der Waals surface area contributed by atoms with Crippen molar-refractivity contribution in [1.29, 1.82) is 0 Å². The van der Waals surface area contributed by atoms with Gasteiger partial charge in [0.1, 0.15) is 0 Å². The second-order valence-corrected chi connectivity index (χ2v) is 6.65. The molecule has 0 saturated heterocycles. The molecular formula is C22H39BrN2. The molecule has 2 rings (SSSR count). The first-order valence-electron chi connectivity index (χ1n) is 10.0. The van der Waals surface area contributed by atoms with E-state index in [4.69, 9.17) is 0 Å². The summed E-state index contributed by atoms with van der Waals surface area (Å²) in [4.78, 5) is 4.74. The number of hydrogen-bond donors (Lipinski definition) is 0. The topological polar surface area (TPSA) is 6.48 Å². The highest BCUT2D eigenvalue weighted by Crippen LogP contribution is 2.05. The molecule has 0 saturated carbocycles. The van der Waals surface area contributed by atoms with Gasteiger partial charge in [-0.25, -0.2) is 0 Å². The third-order valence-electron chi connectivity index (χ3n) is 4.37. The SMILES string of the molecule is Br.CCCCCCN1C=CC=CC1.CCCCCCN1C=CC=CC1. The molecule has 2 aliphatic heterocycles. The molecule has 2 heterocycles. The minimum atomic E-state index is 0. The van der Waals surface area contributed by atoms with E-state index in [0.717, 1.165) is 13.1 Å². The van der Waals surface area contributed by atoms with E-state index >= 15 is 0 Å². The van der Waals surface area contributed by atoms with Gasteiger partial charge in [0.25, 0.3) is 0 Å². The lowest BCUT2D eigenvalue weighted by Crippen LogP contribution is -2.19. The maximum absolute atomic E-state index is 2.37. The zero-order chi connectivity index (χ0) is 17.3. The quantitative estimate of drug-likeness (QED) is 0.380. The fourth-order valence-corrected chi connectivity index (χ4v) is 2.83.